The van der Waals surface area contributed by atoms with Gasteiger partial charge in [-0.1, -0.05) is 145 Å². The van der Waals surface area contributed by atoms with E-state index >= 15 is 0 Å². The Morgan fingerprint density at radius 2 is 0.977 bits per heavy atom. The molecule has 0 saturated carbocycles. The summed E-state index contributed by atoms with van der Waals surface area (Å²) in [4.78, 5) is 0. The van der Waals surface area contributed by atoms with Crippen molar-refractivity contribution in [3.63, 3.8) is 0 Å². The van der Waals surface area contributed by atoms with Gasteiger partial charge in [-0.05, 0) is 66.7 Å². The average Bonchev–Trinajstić information content (AvgIpc) is 3.63. The molecule has 0 aliphatic heterocycles. The fourth-order valence-corrected chi connectivity index (χ4v) is 5.59. The third-order valence-corrected chi connectivity index (χ3v) is 7.39. The molecule has 0 spiro atoms. The lowest BCUT2D eigenvalue weighted by molar-refractivity contribution is 0.670. The van der Waals surface area contributed by atoms with Crippen molar-refractivity contribution in [2.24, 2.45) is 0 Å². The van der Waals surface area contributed by atoms with Crippen LogP contribution >= 0.6 is 0 Å². The van der Waals surface area contributed by atoms with Gasteiger partial charge in [-0.15, -0.1) is 0 Å². The smallest absolute Gasteiger partial charge is 0.143 e. The highest BCUT2D eigenvalue weighted by atomic mass is 16.3. The fourth-order valence-electron chi connectivity index (χ4n) is 5.59. The lowest BCUT2D eigenvalue weighted by Gasteiger charge is -2.18. The summed E-state index contributed by atoms with van der Waals surface area (Å²) in [7, 11) is 0. The van der Waals surface area contributed by atoms with E-state index < -0.39 is 142 Å². The lowest BCUT2D eigenvalue weighted by atomic mass is 9.85. The molecule has 8 aromatic carbocycles. The average molecular weight is 568 g/mol. The number of furan rings is 1. The molecule has 0 aliphatic carbocycles. The summed E-state index contributed by atoms with van der Waals surface area (Å²) in [5, 5.41) is -1.14. The van der Waals surface area contributed by atoms with Gasteiger partial charge in [0, 0.05) is 21.9 Å². The second kappa shape index (κ2) is 9.44. The number of rotatable bonds is 3. The van der Waals surface area contributed by atoms with Gasteiger partial charge >= 0.3 is 0 Å². The van der Waals surface area contributed by atoms with Crippen LogP contribution < -0.4 is 0 Å². The number of benzene rings is 8. The van der Waals surface area contributed by atoms with Crippen LogP contribution in [0, 0.1) is 0 Å². The Kier molecular flexibility index (Phi) is 2.46. The van der Waals surface area contributed by atoms with E-state index in [1.54, 1.807) is 0 Å². The normalized spacial score (nSPS) is 18.6. The first-order valence-electron chi connectivity index (χ1n) is 23.5. The van der Waals surface area contributed by atoms with Gasteiger partial charge in [0.05, 0.1) is 28.8 Å². The molecule has 1 heterocycles. The summed E-state index contributed by atoms with van der Waals surface area (Å²) in [5.41, 5.74) is -2.45. The molecule has 0 atom stereocenters. The summed E-state index contributed by atoms with van der Waals surface area (Å²) >= 11 is 0. The molecule has 9 aromatic rings. The Hall–Kier alpha value is -5.66. The van der Waals surface area contributed by atoms with Crippen molar-refractivity contribution in [3.8, 4) is 33.4 Å². The van der Waals surface area contributed by atoms with E-state index in [9.17, 15) is 4.11 Å². The van der Waals surface area contributed by atoms with Crippen LogP contribution in [0.2, 0.25) is 0 Å². The maximum Gasteiger partial charge on any atom is 0.143 e. The first-order valence-corrected chi connectivity index (χ1v) is 13.0. The molecular formula is C42H26O. The molecule has 0 bridgehead atoms. The first kappa shape index (κ1) is 11.2. The second-order valence-corrected chi connectivity index (χ2v) is 9.65. The van der Waals surface area contributed by atoms with Crippen LogP contribution in [-0.4, -0.2) is 0 Å². The molecule has 0 aliphatic rings. The standard InChI is InChI=1S/C42H26O/c1-2-16-30-27(12-1)13-10-22-31(30)28-14-9-15-29(26-28)40-33-18-3-5-20-35(33)41(36-21-6-4-19-34(36)40)38-24-11-23-37-32-17-7-8-25-39(32)43-42(37)38/h1-26H/i1D,2D,3D,4D,5D,6D,7D,8D,9D,10D,11D,12D,13D,14D,15D,16D,17D,22D,24D,25D,26D. The summed E-state index contributed by atoms with van der Waals surface area (Å²) in [6.07, 6.45) is 0. The highest BCUT2D eigenvalue weighted by Gasteiger charge is 2.20. The minimum absolute atomic E-state index is 0.00405. The molecule has 200 valence electrons. The maximum atomic E-state index is 9.77. The van der Waals surface area contributed by atoms with Crippen LogP contribution in [0.15, 0.2) is 162 Å². The van der Waals surface area contributed by atoms with E-state index in [2.05, 4.69) is 0 Å². The Morgan fingerprint density at radius 3 is 1.77 bits per heavy atom. The zero-order valence-electron chi connectivity index (χ0n) is 42.8. The van der Waals surface area contributed by atoms with E-state index in [0.29, 0.717) is 0 Å². The summed E-state index contributed by atoms with van der Waals surface area (Å²) < 4.78 is 191. The van der Waals surface area contributed by atoms with Crippen molar-refractivity contribution >= 4 is 54.3 Å². The molecule has 9 rings (SSSR count). The van der Waals surface area contributed by atoms with Gasteiger partial charge < -0.3 is 4.42 Å². The Labute approximate surface area is 278 Å². The van der Waals surface area contributed by atoms with Crippen LogP contribution in [-0.2, 0) is 0 Å². The van der Waals surface area contributed by atoms with Gasteiger partial charge in [-0.2, -0.15) is 0 Å². The molecule has 1 heteroatoms. The quantitative estimate of drug-likeness (QED) is 0.194. The first-order chi connectivity index (χ1) is 30.0. The van der Waals surface area contributed by atoms with Gasteiger partial charge in [-0.25, -0.2) is 0 Å². The molecule has 1 nitrogen and oxygen atoms in total. The lowest BCUT2D eigenvalue weighted by Crippen LogP contribution is -1.91. The van der Waals surface area contributed by atoms with E-state index in [0.717, 1.165) is 0 Å². The van der Waals surface area contributed by atoms with E-state index in [4.69, 9.17) is 29.1 Å². The predicted octanol–water partition coefficient (Wildman–Crippen LogP) is 12.0. The van der Waals surface area contributed by atoms with Crippen molar-refractivity contribution in [3.05, 3.63) is 157 Å². The zero-order valence-corrected chi connectivity index (χ0v) is 21.8. The molecule has 0 amide bonds. The van der Waals surface area contributed by atoms with Crippen molar-refractivity contribution in [2.75, 3.05) is 0 Å². The van der Waals surface area contributed by atoms with Gasteiger partial charge in [0.2, 0.25) is 0 Å². The van der Waals surface area contributed by atoms with E-state index in [1.807, 2.05) is 0 Å². The topological polar surface area (TPSA) is 13.1 Å². The molecule has 0 N–H and O–H groups in total. The molecule has 0 fully saturated rings. The van der Waals surface area contributed by atoms with Gasteiger partial charge in [-0.3, -0.25) is 0 Å². The fraction of sp³-hybridized carbons (Fsp3) is 0. The van der Waals surface area contributed by atoms with Crippen LogP contribution in [0.5, 0.6) is 0 Å². The molecular weight excluding hydrogens is 520 g/mol. The number of hydrogen-bond acceptors (Lipinski definition) is 1. The Morgan fingerprint density at radius 1 is 0.395 bits per heavy atom. The number of fused-ring (bicyclic) bond motifs is 6. The molecule has 0 radical (unpaired) electrons. The second-order valence-electron chi connectivity index (χ2n) is 9.65. The third-order valence-electron chi connectivity index (χ3n) is 7.39. The Bertz CT molecular complexity index is 3610. The van der Waals surface area contributed by atoms with Crippen LogP contribution in [0.1, 0.15) is 28.8 Å². The van der Waals surface area contributed by atoms with Crippen molar-refractivity contribution in [2.45, 2.75) is 0 Å². The number of para-hydroxylation sites is 2. The van der Waals surface area contributed by atoms with Crippen LogP contribution in [0.25, 0.3) is 87.6 Å². The maximum absolute atomic E-state index is 9.77. The largest absolute Gasteiger partial charge is 0.455 e. The minimum atomic E-state index is -0.841. The highest BCUT2D eigenvalue weighted by Crippen LogP contribution is 2.46. The van der Waals surface area contributed by atoms with Crippen molar-refractivity contribution in [1.82, 2.24) is 0 Å². The minimum Gasteiger partial charge on any atom is -0.455 e. The van der Waals surface area contributed by atoms with E-state index in [-0.39, 0.29) is 72.3 Å². The molecule has 0 unspecified atom stereocenters. The van der Waals surface area contributed by atoms with Gasteiger partial charge in [0.15, 0.2) is 0 Å². The summed E-state index contributed by atoms with van der Waals surface area (Å²) in [5.74, 6) is 0. The third kappa shape index (κ3) is 3.65. The van der Waals surface area contributed by atoms with Crippen LogP contribution in [0.3, 0.4) is 0 Å². The predicted molar refractivity (Wildman–Crippen MR) is 183 cm³/mol. The van der Waals surface area contributed by atoms with Crippen molar-refractivity contribution in [1.29, 1.82) is 0 Å². The van der Waals surface area contributed by atoms with Crippen molar-refractivity contribution < 1.29 is 33.2 Å². The SMILES string of the molecule is [2H]c1cc2c(-c3c([2H])c([2H])c([2H])c(-c4c([2H])c([2H])c([2H])c5c([2H])c([2H])c([2H])c([2H])c45)c3[2H])c3cc([2H])c([2H])cc3c(-c3c([2H])c([2H])cc4c3oc3c([2H])c([2H])c([2H])c([2H])c34)c2cc1[2H]. The molecule has 0 saturated heterocycles. The summed E-state index contributed by atoms with van der Waals surface area (Å²) in [6.45, 7) is 0. The monoisotopic (exact) mass is 567 g/mol. The Balaban J connectivity index is 1.53. The van der Waals surface area contributed by atoms with Gasteiger partial charge in [0.25, 0.3) is 0 Å². The van der Waals surface area contributed by atoms with Gasteiger partial charge in [0.1, 0.15) is 11.2 Å². The van der Waals surface area contributed by atoms with Crippen LogP contribution in [0.4, 0.5) is 0 Å². The molecule has 43 heavy (non-hydrogen) atoms. The summed E-state index contributed by atoms with van der Waals surface area (Å²) in [6, 6.07) is -7.22. The number of hydrogen-bond donors (Lipinski definition) is 0. The van der Waals surface area contributed by atoms with E-state index in [1.165, 1.54) is 30.3 Å². The zero-order chi connectivity index (χ0) is 46.6. The molecule has 1 aromatic heterocycles. The highest BCUT2D eigenvalue weighted by molar-refractivity contribution is 6.24.